The number of hydrogen-bond donors (Lipinski definition) is 1. The summed E-state index contributed by atoms with van der Waals surface area (Å²) in [6, 6.07) is 0. The second-order valence-electron chi connectivity index (χ2n) is 4.80. The van der Waals surface area contributed by atoms with Gasteiger partial charge >= 0.3 is 5.97 Å². The zero-order valence-electron chi connectivity index (χ0n) is 10.6. The maximum atomic E-state index is 11.7. The lowest BCUT2D eigenvalue weighted by Gasteiger charge is -2.41. The fraction of sp³-hybridized carbons (Fsp3) is 0.667. The second kappa shape index (κ2) is 4.05. The van der Waals surface area contributed by atoms with Crippen molar-refractivity contribution in [3.63, 3.8) is 0 Å². The van der Waals surface area contributed by atoms with Crippen LogP contribution in [0.15, 0.2) is 0 Å². The summed E-state index contributed by atoms with van der Waals surface area (Å²) in [5, 5.41) is 0. The van der Waals surface area contributed by atoms with Gasteiger partial charge in [0.2, 0.25) is 0 Å². The molecule has 0 aromatic carbocycles. The highest BCUT2D eigenvalue weighted by molar-refractivity contribution is 5.92. The Hall–Kier alpha value is -1.52. The lowest BCUT2D eigenvalue weighted by molar-refractivity contribution is 0.0521. The van der Waals surface area contributed by atoms with Crippen molar-refractivity contribution in [1.29, 1.82) is 0 Å². The molecule has 1 heterocycles. The normalized spacial score (nSPS) is 17.6. The summed E-state index contributed by atoms with van der Waals surface area (Å²) in [5.41, 5.74) is 6.30. The molecule has 0 spiro atoms. The molecule has 0 atom stereocenters. The second-order valence-corrected chi connectivity index (χ2v) is 4.80. The minimum Gasteiger partial charge on any atom is -0.461 e. The molecule has 0 saturated heterocycles. The maximum Gasteiger partial charge on any atom is 0.360 e. The maximum absolute atomic E-state index is 11.7. The number of hydrogen-bond acceptors (Lipinski definition) is 4. The fourth-order valence-electron chi connectivity index (χ4n) is 2.49. The smallest absolute Gasteiger partial charge is 0.360 e. The molecule has 1 fully saturated rings. The van der Waals surface area contributed by atoms with Gasteiger partial charge in [0.05, 0.1) is 6.61 Å². The molecule has 0 aliphatic heterocycles. The number of ether oxygens (including phenoxy) is 1. The zero-order valence-corrected chi connectivity index (χ0v) is 10.6. The molecule has 5 heteroatoms. The summed E-state index contributed by atoms with van der Waals surface area (Å²) in [7, 11) is 0. The van der Waals surface area contributed by atoms with Gasteiger partial charge in [-0.25, -0.2) is 9.78 Å². The number of carbonyl (C=O) groups is 1. The number of anilines is 1. The summed E-state index contributed by atoms with van der Waals surface area (Å²) in [6.07, 6.45) is 3.36. The number of aromatic nitrogens is 2. The van der Waals surface area contributed by atoms with Crippen LogP contribution in [-0.2, 0) is 10.3 Å². The van der Waals surface area contributed by atoms with Crippen LogP contribution < -0.4 is 5.73 Å². The van der Waals surface area contributed by atoms with Crippen molar-refractivity contribution >= 4 is 11.8 Å². The van der Waals surface area contributed by atoms with Crippen LogP contribution in [0.5, 0.6) is 0 Å². The van der Waals surface area contributed by atoms with Gasteiger partial charge in [-0.05, 0) is 40.0 Å². The van der Waals surface area contributed by atoms with Gasteiger partial charge in [0.15, 0.2) is 5.69 Å². The SMILES string of the molecule is CCOC(=O)c1nc(C)n(C2(C)CCC2)c1N. The molecular formula is C12H19N3O2. The van der Waals surface area contributed by atoms with E-state index >= 15 is 0 Å². The van der Waals surface area contributed by atoms with Gasteiger partial charge in [0.1, 0.15) is 11.6 Å². The van der Waals surface area contributed by atoms with E-state index < -0.39 is 5.97 Å². The first-order valence-electron chi connectivity index (χ1n) is 6.02. The van der Waals surface area contributed by atoms with Gasteiger partial charge in [0, 0.05) is 5.54 Å². The molecule has 2 rings (SSSR count). The van der Waals surface area contributed by atoms with Crippen molar-refractivity contribution in [3.8, 4) is 0 Å². The molecule has 5 nitrogen and oxygen atoms in total. The van der Waals surface area contributed by atoms with Crippen LogP contribution in [0.1, 0.15) is 49.4 Å². The number of carbonyl (C=O) groups excluding carboxylic acids is 1. The van der Waals surface area contributed by atoms with Gasteiger partial charge < -0.3 is 15.0 Å². The van der Waals surface area contributed by atoms with E-state index in [-0.39, 0.29) is 11.2 Å². The topological polar surface area (TPSA) is 70.1 Å². The Morgan fingerprint density at radius 2 is 2.24 bits per heavy atom. The summed E-state index contributed by atoms with van der Waals surface area (Å²) in [5.74, 6) is 0.783. The standard InChI is InChI=1S/C12H19N3O2/c1-4-17-11(16)9-10(13)15(8(2)14-9)12(3)6-5-7-12/h4-7,13H2,1-3H3. The van der Waals surface area contributed by atoms with Gasteiger partial charge in [-0.2, -0.15) is 0 Å². The van der Waals surface area contributed by atoms with Crippen LogP contribution in [0.25, 0.3) is 0 Å². The summed E-state index contributed by atoms with van der Waals surface area (Å²) in [6.45, 7) is 6.13. The van der Waals surface area contributed by atoms with E-state index in [9.17, 15) is 4.79 Å². The Labute approximate surface area is 101 Å². The van der Waals surface area contributed by atoms with Gasteiger partial charge in [-0.15, -0.1) is 0 Å². The van der Waals surface area contributed by atoms with E-state index in [0.29, 0.717) is 12.4 Å². The Kier molecular flexibility index (Phi) is 2.85. The van der Waals surface area contributed by atoms with E-state index in [1.54, 1.807) is 6.92 Å². The minimum absolute atomic E-state index is 0.0198. The number of aryl methyl sites for hydroxylation is 1. The number of nitrogens with zero attached hydrogens (tertiary/aromatic N) is 2. The molecule has 0 bridgehead atoms. The highest BCUT2D eigenvalue weighted by Gasteiger charge is 2.37. The molecule has 2 N–H and O–H groups in total. The van der Waals surface area contributed by atoms with E-state index in [1.807, 2.05) is 11.5 Å². The Morgan fingerprint density at radius 3 is 2.71 bits per heavy atom. The monoisotopic (exact) mass is 237 g/mol. The largest absolute Gasteiger partial charge is 0.461 e. The number of esters is 1. The summed E-state index contributed by atoms with van der Waals surface area (Å²) < 4.78 is 6.92. The van der Waals surface area contributed by atoms with Crippen LogP contribution in [0, 0.1) is 6.92 Å². The third-order valence-corrected chi connectivity index (χ3v) is 3.52. The Morgan fingerprint density at radius 1 is 1.59 bits per heavy atom. The van der Waals surface area contributed by atoms with Crippen molar-refractivity contribution in [2.24, 2.45) is 0 Å². The predicted octanol–water partition coefficient (Wildman–Crippen LogP) is 1.85. The summed E-state index contributed by atoms with van der Waals surface area (Å²) >= 11 is 0. The first-order valence-corrected chi connectivity index (χ1v) is 6.02. The molecule has 1 aliphatic carbocycles. The highest BCUT2D eigenvalue weighted by atomic mass is 16.5. The summed E-state index contributed by atoms with van der Waals surface area (Å²) in [4.78, 5) is 15.9. The van der Waals surface area contributed by atoms with E-state index in [2.05, 4.69) is 11.9 Å². The number of rotatable bonds is 3. The van der Waals surface area contributed by atoms with Crippen molar-refractivity contribution in [3.05, 3.63) is 11.5 Å². The molecule has 0 unspecified atom stereocenters. The number of imidazole rings is 1. The third kappa shape index (κ3) is 1.79. The lowest BCUT2D eigenvalue weighted by Crippen LogP contribution is -2.38. The van der Waals surface area contributed by atoms with Gasteiger partial charge in [-0.1, -0.05) is 0 Å². The Balaban J connectivity index is 2.38. The van der Waals surface area contributed by atoms with E-state index in [4.69, 9.17) is 10.5 Å². The minimum atomic E-state index is -0.435. The molecule has 17 heavy (non-hydrogen) atoms. The molecule has 1 saturated carbocycles. The van der Waals surface area contributed by atoms with Crippen LogP contribution in [0.4, 0.5) is 5.82 Å². The van der Waals surface area contributed by atoms with Gasteiger partial charge in [-0.3, -0.25) is 0 Å². The average molecular weight is 237 g/mol. The number of nitrogen functional groups attached to an aromatic ring is 1. The molecule has 1 aromatic heterocycles. The lowest BCUT2D eigenvalue weighted by atomic mass is 9.78. The van der Waals surface area contributed by atoms with Crippen LogP contribution in [0.2, 0.25) is 0 Å². The van der Waals surface area contributed by atoms with Gasteiger partial charge in [0.25, 0.3) is 0 Å². The van der Waals surface area contributed by atoms with Crippen molar-refractivity contribution < 1.29 is 9.53 Å². The quantitative estimate of drug-likeness (QED) is 0.814. The van der Waals surface area contributed by atoms with Crippen molar-refractivity contribution in [2.45, 2.75) is 45.6 Å². The molecule has 0 radical (unpaired) electrons. The zero-order chi connectivity index (χ0) is 12.6. The molecular weight excluding hydrogens is 218 g/mol. The molecule has 94 valence electrons. The molecule has 0 amide bonds. The van der Waals surface area contributed by atoms with E-state index in [1.165, 1.54) is 6.42 Å². The molecule has 1 aliphatic rings. The highest BCUT2D eigenvalue weighted by Crippen LogP contribution is 2.41. The van der Waals surface area contributed by atoms with Crippen molar-refractivity contribution in [1.82, 2.24) is 9.55 Å². The first kappa shape index (κ1) is 12.0. The van der Waals surface area contributed by atoms with E-state index in [0.717, 1.165) is 18.7 Å². The van der Waals surface area contributed by atoms with Crippen LogP contribution in [0.3, 0.4) is 0 Å². The first-order chi connectivity index (χ1) is 7.99. The number of nitrogens with two attached hydrogens (primary N) is 1. The Bertz CT molecular complexity index is 447. The average Bonchev–Trinajstić information content (AvgIpc) is 2.52. The predicted molar refractivity (Wildman–Crippen MR) is 64.8 cm³/mol. The fourth-order valence-corrected chi connectivity index (χ4v) is 2.49. The van der Waals surface area contributed by atoms with Crippen LogP contribution in [-0.4, -0.2) is 22.1 Å². The van der Waals surface area contributed by atoms with Crippen molar-refractivity contribution in [2.75, 3.05) is 12.3 Å². The van der Waals surface area contributed by atoms with Crippen LogP contribution >= 0.6 is 0 Å². The third-order valence-electron chi connectivity index (χ3n) is 3.52. The molecule has 1 aromatic rings.